The first-order chi connectivity index (χ1) is 16.1. The van der Waals surface area contributed by atoms with Gasteiger partial charge in [0.1, 0.15) is 11.9 Å². The Labute approximate surface area is 204 Å². The van der Waals surface area contributed by atoms with Gasteiger partial charge in [0.05, 0.1) is 6.04 Å². The summed E-state index contributed by atoms with van der Waals surface area (Å²) in [6, 6.07) is 4.62. The van der Waals surface area contributed by atoms with Crippen LogP contribution < -0.4 is 5.32 Å². The van der Waals surface area contributed by atoms with E-state index in [1.165, 1.54) is 12.5 Å². The molecule has 1 N–H and O–H groups in total. The van der Waals surface area contributed by atoms with E-state index in [1.807, 2.05) is 6.07 Å². The minimum Gasteiger partial charge on any atom is -0.347 e. The lowest BCUT2D eigenvalue weighted by atomic mass is 9.63. The van der Waals surface area contributed by atoms with E-state index < -0.39 is 6.04 Å². The van der Waals surface area contributed by atoms with Crippen LogP contribution in [0.5, 0.6) is 0 Å². The van der Waals surface area contributed by atoms with Gasteiger partial charge >= 0.3 is 0 Å². The number of halogens is 1. The number of benzene rings is 1. The van der Waals surface area contributed by atoms with Gasteiger partial charge in [0.2, 0.25) is 11.8 Å². The number of amides is 2. The molecule has 2 atom stereocenters. The molecule has 1 aliphatic carbocycles. The van der Waals surface area contributed by atoms with Gasteiger partial charge in [0.25, 0.3) is 0 Å². The number of fused-ring (bicyclic) bond motifs is 2. The molecule has 1 spiro atoms. The van der Waals surface area contributed by atoms with Crippen molar-refractivity contribution >= 4 is 11.8 Å². The molecule has 2 heterocycles. The molecule has 6 heteroatoms. The maximum Gasteiger partial charge on any atom is 0.243 e. The number of carbonyl (C=O) groups excluding carboxylic acids is 2. The number of nitrogens with one attached hydrogen (secondary N) is 1. The quantitative estimate of drug-likeness (QED) is 0.676. The number of rotatable bonds is 4. The lowest BCUT2D eigenvalue weighted by Crippen LogP contribution is -2.53. The zero-order valence-electron chi connectivity index (χ0n) is 21.5. The van der Waals surface area contributed by atoms with Gasteiger partial charge in [-0.05, 0) is 105 Å². The van der Waals surface area contributed by atoms with Gasteiger partial charge < -0.3 is 15.1 Å². The maximum absolute atomic E-state index is 14.4. The van der Waals surface area contributed by atoms with Crippen LogP contribution in [0.15, 0.2) is 18.2 Å². The van der Waals surface area contributed by atoms with Crippen LogP contribution in [0.1, 0.15) is 96.2 Å². The third-order valence-corrected chi connectivity index (χ3v) is 8.39. The van der Waals surface area contributed by atoms with Gasteiger partial charge in [-0.15, -0.1) is 0 Å². The molecule has 1 aromatic rings. The smallest absolute Gasteiger partial charge is 0.243 e. The standard InChI is InChI=1S/C28H42FN3O2/c1-20(33)32-15-6-5-7-25(32)26(34)30-24-10-11-28(23-19-21(29)8-9-22(23)24)13-17-31(18-14-28)16-12-27(2,3)4/h8-9,19,24-25H,5-7,10-18H2,1-4H3,(H,30,34)/t24-,25?/m0/s1. The Bertz CT molecular complexity index is 901. The van der Waals surface area contributed by atoms with E-state index in [0.29, 0.717) is 18.4 Å². The van der Waals surface area contributed by atoms with Gasteiger partial charge in [-0.2, -0.15) is 0 Å². The van der Waals surface area contributed by atoms with E-state index in [4.69, 9.17) is 0 Å². The van der Waals surface area contributed by atoms with Crippen LogP contribution >= 0.6 is 0 Å². The van der Waals surface area contributed by atoms with Crippen molar-refractivity contribution in [2.75, 3.05) is 26.2 Å². The van der Waals surface area contributed by atoms with Crippen LogP contribution in [-0.2, 0) is 15.0 Å². The Balaban J connectivity index is 1.49. The summed E-state index contributed by atoms with van der Waals surface area (Å²) in [5.74, 6) is -0.304. The molecule has 0 saturated carbocycles. The molecule has 3 aliphatic rings. The summed E-state index contributed by atoms with van der Waals surface area (Å²) in [6.45, 7) is 12.2. The van der Waals surface area contributed by atoms with Crippen molar-refractivity contribution in [3.63, 3.8) is 0 Å². The molecule has 2 saturated heterocycles. The molecule has 0 aromatic heterocycles. The number of carbonyl (C=O) groups is 2. The minimum atomic E-state index is -0.392. The molecule has 2 fully saturated rings. The Morgan fingerprint density at radius 1 is 1.09 bits per heavy atom. The van der Waals surface area contributed by atoms with Crippen LogP contribution in [0, 0.1) is 11.2 Å². The summed E-state index contributed by atoms with van der Waals surface area (Å²) in [5.41, 5.74) is 2.48. The zero-order chi connectivity index (χ0) is 24.5. The average molecular weight is 472 g/mol. The van der Waals surface area contributed by atoms with E-state index in [-0.39, 0.29) is 29.1 Å². The van der Waals surface area contributed by atoms with Gasteiger partial charge in [-0.1, -0.05) is 26.8 Å². The third kappa shape index (κ3) is 5.48. The molecule has 2 amide bonds. The molecule has 188 valence electrons. The predicted octanol–water partition coefficient (Wildman–Crippen LogP) is 4.95. The fraction of sp³-hybridized carbons (Fsp3) is 0.714. The van der Waals surface area contributed by atoms with Crippen LogP contribution in [0.4, 0.5) is 4.39 Å². The van der Waals surface area contributed by atoms with Crippen LogP contribution in [-0.4, -0.2) is 53.8 Å². The molecule has 0 bridgehead atoms. The molecular formula is C28H42FN3O2. The number of nitrogens with zero attached hydrogens (tertiary/aromatic N) is 2. The Kier molecular flexibility index (Phi) is 7.37. The second-order valence-electron chi connectivity index (χ2n) is 12.0. The number of hydrogen-bond donors (Lipinski definition) is 1. The lowest BCUT2D eigenvalue weighted by Gasteiger charge is -2.48. The van der Waals surface area contributed by atoms with E-state index >= 15 is 0 Å². The molecule has 0 radical (unpaired) electrons. The second-order valence-corrected chi connectivity index (χ2v) is 12.0. The summed E-state index contributed by atoms with van der Waals surface area (Å²) in [6.07, 6.45) is 7.69. The molecule has 5 nitrogen and oxygen atoms in total. The molecule has 34 heavy (non-hydrogen) atoms. The number of hydrogen-bond acceptors (Lipinski definition) is 3. The summed E-state index contributed by atoms with van der Waals surface area (Å²) < 4.78 is 14.4. The van der Waals surface area contributed by atoms with Crippen molar-refractivity contribution in [3.8, 4) is 0 Å². The third-order valence-electron chi connectivity index (χ3n) is 8.39. The average Bonchev–Trinajstić information content (AvgIpc) is 2.80. The van der Waals surface area contributed by atoms with Crippen LogP contribution in [0.2, 0.25) is 0 Å². The molecule has 1 unspecified atom stereocenters. The van der Waals surface area contributed by atoms with E-state index in [1.54, 1.807) is 17.9 Å². The first kappa shape index (κ1) is 25.2. The van der Waals surface area contributed by atoms with Gasteiger partial charge in [0, 0.05) is 13.5 Å². The van der Waals surface area contributed by atoms with Crippen LogP contribution in [0.25, 0.3) is 0 Å². The topological polar surface area (TPSA) is 52.7 Å². The highest BCUT2D eigenvalue weighted by atomic mass is 19.1. The predicted molar refractivity (Wildman–Crippen MR) is 133 cm³/mol. The van der Waals surface area contributed by atoms with Crippen molar-refractivity contribution < 1.29 is 14.0 Å². The SMILES string of the molecule is CC(=O)N1CCCCC1C(=O)N[C@H]1CCC2(CCN(CCC(C)(C)C)CC2)c2cc(F)ccc21. The van der Waals surface area contributed by atoms with E-state index in [9.17, 15) is 14.0 Å². The normalized spacial score (nSPS) is 25.1. The zero-order valence-corrected chi connectivity index (χ0v) is 21.5. The first-order valence-corrected chi connectivity index (χ1v) is 13.2. The molecule has 4 rings (SSSR count). The fourth-order valence-electron chi connectivity index (χ4n) is 6.22. The second kappa shape index (κ2) is 9.96. The highest BCUT2D eigenvalue weighted by Gasteiger charge is 2.43. The Morgan fingerprint density at radius 2 is 1.82 bits per heavy atom. The highest BCUT2D eigenvalue weighted by Crippen LogP contribution is 2.48. The summed E-state index contributed by atoms with van der Waals surface area (Å²) in [7, 11) is 0. The first-order valence-electron chi connectivity index (χ1n) is 13.2. The monoisotopic (exact) mass is 471 g/mol. The van der Waals surface area contributed by atoms with Crippen molar-refractivity contribution in [1.82, 2.24) is 15.1 Å². The Morgan fingerprint density at radius 3 is 2.50 bits per heavy atom. The summed E-state index contributed by atoms with van der Waals surface area (Å²) >= 11 is 0. The fourth-order valence-corrected chi connectivity index (χ4v) is 6.22. The van der Waals surface area contributed by atoms with E-state index in [2.05, 4.69) is 31.0 Å². The van der Waals surface area contributed by atoms with Crippen molar-refractivity contribution in [2.45, 2.75) is 96.6 Å². The van der Waals surface area contributed by atoms with Crippen LogP contribution in [0.3, 0.4) is 0 Å². The van der Waals surface area contributed by atoms with Crippen molar-refractivity contribution in [1.29, 1.82) is 0 Å². The molecule has 1 aromatic carbocycles. The molecular weight excluding hydrogens is 429 g/mol. The number of piperidine rings is 2. The molecule has 2 aliphatic heterocycles. The minimum absolute atomic E-state index is 0.00679. The maximum atomic E-state index is 14.4. The van der Waals surface area contributed by atoms with Crippen molar-refractivity contribution in [3.05, 3.63) is 35.1 Å². The largest absolute Gasteiger partial charge is 0.347 e. The van der Waals surface area contributed by atoms with E-state index in [0.717, 1.165) is 69.3 Å². The number of likely N-dealkylation sites (tertiary alicyclic amines) is 2. The highest BCUT2D eigenvalue weighted by molar-refractivity contribution is 5.87. The summed E-state index contributed by atoms with van der Waals surface area (Å²) in [5, 5.41) is 3.25. The Hall–Kier alpha value is -1.95. The van der Waals surface area contributed by atoms with Crippen molar-refractivity contribution in [2.24, 2.45) is 5.41 Å². The van der Waals surface area contributed by atoms with Gasteiger partial charge in [-0.3, -0.25) is 9.59 Å². The van der Waals surface area contributed by atoms with Gasteiger partial charge in [-0.25, -0.2) is 4.39 Å². The lowest BCUT2D eigenvalue weighted by molar-refractivity contribution is -0.141. The van der Waals surface area contributed by atoms with Gasteiger partial charge in [0.15, 0.2) is 0 Å². The summed E-state index contributed by atoms with van der Waals surface area (Å²) in [4.78, 5) is 29.6.